The van der Waals surface area contributed by atoms with Crippen molar-refractivity contribution in [1.82, 2.24) is 0 Å². The van der Waals surface area contributed by atoms with Crippen molar-refractivity contribution < 1.29 is 22.6 Å². The van der Waals surface area contributed by atoms with E-state index in [1.54, 1.807) is 0 Å². The second kappa shape index (κ2) is 6.28. The lowest BCUT2D eigenvalue weighted by atomic mass is 9.87. The molecule has 0 atom stereocenters. The van der Waals surface area contributed by atoms with Crippen LogP contribution in [0.15, 0.2) is 12.1 Å². The van der Waals surface area contributed by atoms with Crippen molar-refractivity contribution in [3.63, 3.8) is 0 Å². The van der Waals surface area contributed by atoms with Crippen molar-refractivity contribution in [2.75, 3.05) is 6.61 Å². The lowest BCUT2D eigenvalue weighted by molar-refractivity contribution is -0.188. The fourth-order valence-corrected chi connectivity index (χ4v) is 3.48. The minimum Gasteiger partial charge on any atom is -0.493 e. The van der Waals surface area contributed by atoms with E-state index in [4.69, 9.17) is 21.1 Å². The van der Waals surface area contributed by atoms with E-state index in [9.17, 15) is 13.2 Å². The van der Waals surface area contributed by atoms with Gasteiger partial charge in [0.25, 0.3) is 0 Å². The Morgan fingerprint density at radius 2 is 1.91 bits per heavy atom. The average molecular weight is 335 g/mol. The second-order valence-electron chi connectivity index (χ2n) is 5.98. The van der Waals surface area contributed by atoms with Crippen molar-refractivity contribution >= 4 is 11.6 Å². The van der Waals surface area contributed by atoms with E-state index in [0.29, 0.717) is 31.1 Å². The van der Waals surface area contributed by atoms with Gasteiger partial charge in [0.05, 0.1) is 25.2 Å². The molecule has 2 aliphatic rings. The summed E-state index contributed by atoms with van der Waals surface area (Å²) in [4.78, 5) is 0. The summed E-state index contributed by atoms with van der Waals surface area (Å²) in [5.41, 5.74) is 1.96. The Hall–Kier alpha value is -0.940. The number of alkyl halides is 3. The molecule has 1 aromatic rings. The highest BCUT2D eigenvalue weighted by atomic mass is 35.5. The highest BCUT2D eigenvalue weighted by Gasteiger charge is 2.41. The molecule has 0 unspecified atom stereocenters. The SMILES string of the molecule is FC(F)(F)[C@H]1CC[C@H](OCc2cc(Cl)cc3c2OCC3)CC1. The summed E-state index contributed by atoms with van der Waals surface area (Å²) < 4.78 is 49.3. The maximum absolute atomic E-state index is 12.6. The number of halogens is 4. The van der Waals surface area contributed by atoms with E-state index in [-0.39, 0.29) is 18.9 Å². The molecule has 2 nitrogen and oxygen atoms in total. The van der Waals surface area contributed by atoms with Gasteiger partial charge in [-0.15, -0.1) is 0 Å². The van der Waals surface area contributed by atoms with Crippen molar-refractivity contribution in [3.8, 4) is 5.75 Å². The zero-order chi connectivity index (χ0) is 15.7. The number of hydrogen-bond donors (Lipinski definition) is 0. The average Bonchev–Trinajstić information content (AvgIpc) is 2.92. The van der Waals surface area contributed by atoms with Gasteiger partial charge in [0.15, 0.2) is 0 Å². The number of fused-ring (bicyclic) bond motifs is 1. The molecule has 0 radical (unpaired) electrons. The zero-order valence-electron chi connectivity index (χ0n) is 12.1. The second-order valence-corrected chi connectivity index (χ2v) is 6.41. The van der Waals surface area contributed by atoms with Crippen LogP contribution < -0.4 is 4.74 Å². The Morgan fingerprint density at radius 3 is 2.59 bits per heavy atom. The van der Waals surface area contributed by atoms with Gasteiger partial charge in [-0.1, -0.05) is 11.6 Å². The van der Waals surface area contributed by atoms with Crippen molar-refractivity contribution in [3.05, 3.63) is 28.3 Å². The summed E-state index contributed by atoms with van der Waals surface area (Å²) >= 11 is 6.08. The summed E-state index contributed by atoms with van der Waals surface area (Å²) in [6.45, 7) is 0.976. The third kappa shape index (κ3) is 3.51. The van der Waals surface area contributed by atoms with Crippen molar-refractivity contribution in [1.29, 1.82) is 0 Å². The molecule has 0 spiro atoms. The van der Waals surface area contributed by atoms with Crippen molar-refractivity contribution in [2.45, 2.75) is 51.0 Å². The first-order chi connectivity index (χ1) is 10.4. The molecular weight excluding hydrogens is 317 g/mol. The van der Waals surface area contributed by atoms with Crippen LogP contribution in [0.2, 0.25) is 5.02 Å². The van der Waals surface area contributed by atoms with Crippen LogP contribution in [0.5, 0.6) is 5.75 Å². The molecule has 6 heteroatoms. The molecule has 3 rings (SSSR count). The Labute approximate surface area is 132 Å². The fourth-order valence-electron chi connectivity index (χ4n) is 3.22. The maximum Gasteiger partial charge on any atom is 0.391 e. The normalized spacial score (nSPS) is 24.9. The molecule has 122 valence electrons. The Balaban J connectivity index is 1.56. The molecule has 22 heavy (non-hydrogen) atoms. The minimum atomic E-state index is -4.08. The topological polar surface area (TPSA) is 18.5 Å². The van der Waals surface area contributed by atoms with E-state index in [1.807, 2.05) is 12.1 Å². The number of ether oxygens (including phenoxy) is 2. The highest BCUT2D eigenvalue weighted by Crippen LogP contribution is 2.39. The fraction of sp³-hybridized carbons (Fsp3) is 0.625. The number of rotatable bonds is 3. The Kier molecular flexibility index (Phi) is 4.55. The standard InChI is InChI=1S/C16H18ClF3O2/c17-13-7-10-5-6-21-15(10)11(8-13)9-22-14-3-1-12(2-4-14)16(18,19)20/h7-8,12,14H,1-6,9H2/t12-,14-. The monoisotopic (exact) mass is 334 g/mol. The van der Waals surface area contributed by atoms with Gasteiger partial charge in [-0.25, -0.2) is 0 Å². The molecule has 0 amide bonds. The largest absolute Gasteiger partial charge is 0.493 e. The zero-order valence-corrected chi connectivity index (χ0v) is 12.8. The van der Waals surface area contributed by atoms with Crippen LogP contribution in [-0.2, 0) is 17.8 Å². The summed E-state index contributed by atoms with van der Waals surface area (Å²) in [7, 11) is 0. The summed E-state index contributed by atoms with van der Waals surface area (Å²) in [6, 6.07) is 3.70. The van der Waals surface area contributed by atoms with Crippen LogP contribution in [0.4, 0.5) is 13.2 Å². The van der Waals surface area contributed by atoms with Crippen LogP contribution in [0.1, 0.15) is 36.8 Å². The summed E-state index contributed by atoms with van der Waals surface area (Å²) in [5, 5.41) is 0.642. The summed E-state index contributed by atoms with van der Waals surface area (Å²) in [6.07, 6.45) is -2.15. The molecular formula is C16H18ClF3O2. The first kappa shape index (κ1) is 15.9. The van der Waals surface area contributed by atoms with E-state index < -0.39 is 12.1 Å². The van der Waals surface area contributed by atoms with E-state index >= 15 is 0 Å². The number of hydrogen-bond acceptors (Lipinski definition) is 2. The third-order valence-electron chi connectivity index (χ3n) is 4.44. The predicted molar refractivity (Wildman–Crippen MR) is 77.2 cm³/mol. The van der Waals surface area contributed by atoms with Gasteiger partial charge in [0, 0.05) is 17.0 Å². The van der Waals surface area contributed by atoms with Crippen LogP contribution in [0.3, 0.4) is 0 Å². The van der Waals surface area contributed by atoms with Gasteiger partial charge in [0.1, 0.15) is 5.75 Å². The van der Waals surface area contributed by atoms with Crippen LogP contribution in [0, 0.1) is 5.92 Å². The van der Waals surface area contributed by atoms with Crippen LogP contribution in [0.25, 0.3) is 0 Å². The molecule has 1 heterocycles. The smallest absolute Gasteiger partial charge is 0.391 e. The molecule has 1 fully saturated rings. The lowest BCUT2D eigenvalue weighted by Crippen LogP contribution is -2.30. The minimum absolute atomic E-state index is 0.116. The molecule has 0 N–H and O–H groups in total. The van der Waals surface area contributed by atoms with Crippen LogP contribution >= 0.6 is 11.6 Å². The van der Waals surface area contributed by atoms with E-state index in [2.05, 4.69) is 0 Å². The molecule has 1 saturated carbocycles. The third-order valence-corrected chi connectivity index (χ3v) is 4.66. The maximum atomic E-state index is 12.6. The van der Waals surface area contributed by atoms with Gasteiger partial charge >= 0.3 is 6.18 Å². The van der Waals surface area contributed by atoms with Crippen molar-refractivity contribution in [2.24, 2.45) is 5.92 Å². The Bertz CT molecular complexity index is 537. The Morgan fingerprint density at radius 1 is 1.18 bits per heavy atom. The van der Waals surface area contributed by atoms with Gasteiger partial charge < -0.3 is 9.47 Å². The van der Waals surface area contributed by atoms with E-state index in [1.165, 1.54) is 0 Å². The molecule has 0 saturated heterocycles. The van der Waals surface area contributed by atoms with Gasteiger partial charge in [-0.05, 0) is 43.4 Å². The van der Waals surface area contributed by atoms with Gasteiger partial charge in [-0.2, -0.15) is 13.2 Å². The predicted octanol–water partition coefficient (Wildman–Crippen LogP) is 4.91. The first-order valence-electron chi connectivity index (χ1n) is 7.56. The first-order valence-corrected chi connectivity index (χ1v) is 7.93. The summed E-state index contributed by atoms with van der Waals surface area (Å²) in [5.74, 6) is -0.348. The molecule has 1 aromatic carbocycles. The molecule has 0 aromatic heterocycles. The molecule has 1 aliphatic carbocycles. The quantitative estimate of drug-likeness (QED) is 0.781. The van der Waals surface area contributed by atoms with E-state index in [0.717, 1.165) is 23.3 Å². The van der Waals surface area contributed by atoms with Gasteiger partial charge in [0.2, 0.25) is 0 Å². The molecule has 1 aliphatic heterocycles. The van der Waals surface area contributed by atoms with Crippen LogP contribution in [-0.4, -0.2) is 18.9 Å². The van der Waals surface area contributed by atoms with Gasteiger partial charge in [-0.3, -0.25) is 0 Å². The highest BCUT2D eigenvalue weighted by molar-refractivity contribution is 6.30. The lowest BCUT2D eigenvalue weighted by Gasteiger charge is -2.29. The molecule has 0 bridgehead atoms. The number of benzene rings is 1.